The largest absolute Gasteiger partial charge is 0.388 e. The first-order valence-electron chi connectivity index (χ1n) is 11.0. The third kappa shape index (κ3) is 5.05. The van der Waals surface area contributed by atoms with Gasteiger partial charge < -0.3 is 34.5 Å². The number of fused-ring (bicyclic) bond motifs is 1. The predicted octanol–water partition coefficient (Wildman–Crippen LogP) is 2.26. The molecule has 5 N–H and O–H groups in total. The van der Waals surface area contributed by atoms with E-state index in [0.29, 0.717) is 11.3 Å². The van der Waals surface area contributed by atoms with Gasteiger partial charge in [0.15, 0.2) is 17.0 Å². The summed E-state index contributed by atoms with van der Waals surface area (Å²) in [5.74, 6) is 0. The molecule has 1 aliphatic rings. The number of hydrogen-bond donors (Lipinski definition) is 5. The van der Waals surface area contributed by atoms with Gasteiger partial charge in [-0.3, -0.25) is 13.9 Å². The Bertz CT molecular complexity index is 1230. The summed E-state index contributed by atoms with van der Waals surface area (Å²) in [5.41, 5.74) is -0.640. The molecule has 0 saturated carbocycles. The summed E-state index contributed by atoms with van der Waals surface area (Å²) in [6, 6.07) is 1.41. The van der Waals surface area contributed by atoms with Gasteiger partial charge >= 0.3 is 7.60 Å². The summed E-state index contributed by atoms with van der Waals surface area (Å²) in [4.78, 5) is 30.0. The Kier molecular flexibility index (Phi) is 7.58. The van der Waals surface area contributed by atoms with E-state index in [4.69, 9.17) is 21.5 Å². The van der Waals surface area contributed by atoms with E-state index >= 15 is 0 Å². The zero-order valence-corrected chi connectivity index (χ0v) is 21.5. The Morgan fingerprint density at radius 3 is 2.53 bits per heavy atom. The number of rotatable bonds is 8. The lowest BCUT2D eigenvalue weighted by atomic mass is 9.93. The number of hydrogen-bond acceptors (Lipinski definition) is 9. The van der Waals surface area contributed by atoms with Gasteiger partial charge in [0.1, 0.15) is 17.9 Å². The third-order valence-electron chi connectivity index (χ3n) is 6.50. The number of ether oxygens (including phenoxy) is 1. The highest BCUT2D eigenvalue weighted by Crippen LogP contribution is 2.59. The van der Waals surface area contributed by atoms with Crippen molar-refractivity contribution >= 4 is 30.8 Å². The average Bonchev–Trinajstić information content (AvgIpc) is 3.00. The molecule has 1 saturated heterocycles. The summed E-state index contributed by atoms with van der Waals surface area (Å²) in [5, 5.41) is 30.0. The van der Waals surface area contributed by atoms with Gasteiger partial charge in [0.25, 0.3) is 0 Å². The topological polar surface area (TPSA) is 167 Å². The molecule has 11 nitrogen and oxygen atoms in total. The van der Waals surface area contributed by atoms with Crippen molar-refractivity contribution in [1.82, 2.24) is 14.5 Å². The van der Waals surface area contributed by atoms with E-state index < -0.39 is 43.1 Å². The van der Waals surface area contributed by atoms with Crippen LogP contribution in [0.1, 0.15) is 58.9 Å². The monoisotopic (exact) mass is 517 g/mol. The minimum absolute atomic E-state index is 0.00418. The molecule has 0 spiro atoms. The van der Waals surface area contributed by atoms with Crippen LogP contribution in [0.2, 0.25) is 0 Å². The van der Waals surface area contributed by atoms with Crippen molar-refractivity contribution in [3.8, 4) is 0 Å². The molecule has 190 valence electrons. The number of aliphatic hydroxyl groups is 3. The van der Waals surface area contributed by atoms with E-state index in [0.717, 1.165) is 0 Å². The summed E-state index contributed by atoms with van der Waals surface area (Å²) in [6.45, 7) is 7.81. The molecule has 13 heteroatoms. The van der Waals surface area contributed by atoms with Gasteiger partial charge in [-0.1, -0.05) is 13.8 Å². The fraction of sp³-hybridized carbons (Fsp3) is 0.667. The van der Waals surface area contributed by atoms with Crippen molar-refractivity contribution in [3.63, 3.8) is 0 Å². The van der Waals surface area contributed by atoms with Crippen LogP contribution in [0.25, 0.3) is 11.0 Å². The Morgan fingerprint density at radius 2 is 1.94 bits per heavy atom. The Balaban J connectivity index is 1.90. The maximum atomic E-state index is 12.7. The Hall–Kier alpha value is -1.50. The van der Waals surface area contributed by atoms with Crippen LogP contribution in [0.4, 0.5) is 0 Å². The van der Waals surface area contributed by atoms with Crippen molar-refractivity contribution in [2.75, 3.05) is 0 Å². The molecule has 1 fully saturated rings. The molecular formula is C21H32N3O8PS. The molecule has 0 bridgehead atoms. The first-order valence-corrected chi connectivity index (χ1v) is 13.0. The number of nitrogens with zero attached hydrogens (tertiary/aromatic N) is 2. The van der Waals surface area contributed by atoms with E-state index in [1.165, 1.54) is 23.8 Å². The molecule has 3 rings (SSSR count). The molecule has 1 aliphatic heterocycles. The fourth-order valence-electron chi connectivity index (χ4n) is 3.82. The maximum absolute atomic E-state index is 12.7. The Morgan fingerprint density at radius 1 is 1.29 bits per heavy atom. The number of aromatic nitrogens is 3. The number of nitrogens with one attached hydrogen (secondary N) is 1. The maximum Gasteiger partial charge on any atom is 0.359 e. The van der Waals surface area contributed by atoms with Crippen molar-refractivity contribution in [1.29, 1.82) is 0 Å². The van der Waals surface area contributed by atoms with Gasteiger partial charge in [0.2, 0.25) is 4.77 Å². The zero-order valence-electron chi connectivity index (χ0n) is 19.8. The summed E-state index contributed by atoms with van der Waals surface area (Å²) in [6.07, 6.45) is -3.32. The van der Waals surface area contributed by atoms with Crippen molar-refractivity contribution < 1.29 is 34.0 Å². The molecular weight excluding hydrogens is 485 g/mol. The van der Waals surface area contributed by atoms with E-state index in [-0.39, 0.29) is 34.8 Å². The zero-order chi connectivity index (χ0) is 25.6. The Labute approximate surface area is 201 Å². The number of pyridine rings is 1. The van der Waals surface area contributed by atoms with Crippen LogP contribution in [0.15, 0.2) is 17.1 Å². The molecule has 0 aliphatic carbocycles. The molecule has 0 aromatic carbocycles. The van der Waals surface area contributed by atoms with Crippen molar-refractivity contribution in [3.05, 3.63) is 33.0 Å². The van der Waals surface area contributed by atoms with Gasteiger partial charge in [-0.2, -0.15) is 0 Å². The first-order chi connectivity index (χ1) is 15.6. The predicted molar refractivity (Wildman–Crippen MR) is 127 cm³/mol. The fourth-order valence-corrected chi connectivity index (χ4v) is 5.47. The first kappa shape index (κ1) is 27.1. The second-order valence-corrected chi connectivity index (χ2v) is 11.8. The van der Waals surface area contributed by atoms with Crippen LogP contribution in [0.3, 0.4) is 0 Å². The highest BCUT2D eigenvalue weighted by atomic mass is 32.1. The lowest BCUT2D eigenvalue weighted by molar-refractivity contribution is -0.0707. The van der Waals surface area contributed by atoms with Gasteiger partial charge in [-0.05, 0) is 45.8 Å². The van der Waals surface area contributed by atoms with Crippen LogP contribution >= 0.6 is 19.8 Å². The average molecular weight is 518 g/mol. The van der Waals surface area contributed by atoms with Crippen LogP contribution < -0.4 is 5.43 Å². The van der Waals surface area contributed by atoms with Crippen molar-refractivity contribution in [2.45, 2.75) is 89.4 Å². The van der Waals surface area contributed by atoms with Gasteiger partial charge in [-0.15, -0.1) is 0 Å². The van der Waals surface area contributed by atoms with Crippen LogP contribution in [0, 0.1) is 11.7 Å². The summed E-state index contributed by atoms with van der Waals surface area (Å²) < 4.78 is 25.5. The highest BCUT2D eigenvalue weighted by Gasteiger charge is 2.50. The van der Waals surface area contributed by atoms with Gasteiger partial charge in [0, 0.05) is 24.4 Å². The molecule has 2 aromatic rings. The smallest absolute Gasteiger partial charge is 0.359 e. The molecule has 0 amide bonds. The second-order valence-electron chi connectivity index (χ2n) is 9.25. The lowest BCUT2D eigenvalue weighted by Gasteiger charge is -2.37. The third-order valence-corrected chi connectivity index (χ3v) is 9.02. The molecule has 3 heterocycles. The number of aromatic amines is 1. The minimum Gasteiger partial charge on any atom is -0.388 e. The van der Waals surface area contributed by atoms with Crippen LogP contribution in [-0.2, 0) is 13.8 Å². The minimum atomic E-state index is -4.46. The van der Waals surface area contributed by atoms with E-state index in [9.17, 15) is 29.6 Å². The number of H-pyrrole nitrogens is 1. The molecule has 0 radical (unpaired) electrons. The van der Waals surface area contributed by atoms with Crippen LogP contribution in [0.5, 0.6) is 0 Å². The quantitative estimate of drug-likeness (QED) is 0.259. The normalized spacial score (nSPS) is 28.4. The van der Waals surface area contributed by atoms with Crippen LogP contribution in [-0.4, -0.2) is 64.0 Å². The summed E-state index contributed by atoms with van der Waals surface area (Å²) >= 11 is 5.33. The van der Waals surface area contributed by atoms with Gasteiger partial charge in [-0.25, -0.2) is 4.98 Å². The molecule has 2 aromatic heterocycles. The summed E-state index contributed by atoms with van der Waals surface area (Å²) in [7, 11) is -4.46. The van der Waals surface area contributed by atoms with E-state index in [1.807, 2.05) is 0 Å². The standard InChI is InChI=1S/C21H32N3O8PS/c1-6-20(4,32-33(29,30)21(5,28)7-2)9-14-15(26)16(27)18(31-14)24-10-12-13(25)8-11(3)22-17(12)23-19(24)34/h8,10,14-16,18,26-28H,6-7,9H2,1-5H3,(H,29,30)(H,22,23,34). The van der Waals surface area contributed by atoms with E-state index in [2.05, 4.69) is 9.97 Å². The lowest BCUT2D eigenvalue weighted by Crippen LogP contribution is -2.40. The number of aryl methyl sites for hydroxylation is 1. The van der Waals surface area contributed by atoms with E-state index in [1.54, 1.807) is 27.7 Å². The van der Waals surface area contributed by atoms with Crippen molar-refractivity contribution in [2.24, 2.45) is 0 Å². The highest BCUT2D eigenvalue weighted by molar-refractivity contribution is 7.71. The molecule has 7 atom stereocenters. The number of aliphatic hydroxyl groups excluding tert-OH is 2. The SMILES string of the molecule is CCC(C)(CC1OC(n2cc3c(=O)cc(C)[nH]c3nc2=S)C(O)C1O)OP(=O)(O)C(C)(O)CC. The second kappa shape index (κ2) is 9.51. The molecule has 7 unspecified atom stereocenters. The molecule has 34 heavy (non-hydrogen) atoms. The van der Waals surface area contributed by atoms with Gasteiger partial charge in [0.05, 0.1) is 17.1 Å².